The van der Waals surface area contributed by atoms with E-state index in [1.807, 2.05) is 0 Å². The Kier molecular flexibility index (Phi) is 3.29. The van der Waals surface area contributed by atoms with Gasteiger partial charge in [-0.3, -0.25) is 15.1 Å². The van der Waals surface area contributed by atoms with Crippen molar-refractivity contribution in [1.82, 2.24) is 4.98 Å². The second-order valence-corrected chi connectivity index (χ2v) is 2.69. The fraction of sp³-hybridized carbons (Fsp3) is 0.286. The highest BCUT2D eigenvalue weighted by atomic mass is 35.5. The van der Waals surface area contributed by atoms with Crippen molar-refractivity contribution in [3.63, 3.8) is 0 Å². The van der Waals surface area contributed by atoms with E-state index in [1.54, 1.807) is 0 Å². The molecule has 1 rings (SSSR count). The molecule has 76 valence electrons. The van der Waals surface area contributed by atoms with Crippen LogP contribution in [0.15, 0.2) is 12.4 Å². The Labute approximate surface area is 82.7 Å². The maximum atomic E-state index is 12.3. The van der Waals surface area contributed by atoms with Gasteiger partial charge in [-0.1, -0.05) is 0 Å². The predicted molar refractivity (Wildman–Crippen MR) is 45.4 cm³/mol. The first-order chi connectivity index (χ1) is 6.57. The zero-order valence-corrected chi connectivity index (χ0v) is 7.54. The summed E-state index contributed by atoms with van der Waals surface area (Å²) in [5, 5.41) is 10.4. The van der Waals surface area contributed by atoms with Crippen molar-refractivity contribution in [2.24, 2.45) is 0 Å². The van der Waals surface area contributed by atoms with Gasteiger partial charge in [-0.05, 0) is 0 Å². The molecule has 0 N–H and O–H groups in total. The summed E-state index contributed by atoms with van der Waals surface area (Å²) in [5.74, 6) is -0.335. The van der Waals surface area contributed by atoms with Crippen LogP contribution >= 0.6 is 11.6 Å². The molecular formula is C7H5ClF2N2O2. The number of rotatable bonds is 3. The zero-order valence-electron chi connectivity index (χ0n) is 6.78. The molecule has 0 radical (unpaired) electrons. The van der Waals surface area contributed by atoms with Gasteiger partial charge in [0.25, 0.3) is 12.1 Å². The number of alkyl halides is 3. The predicted octanol–water partition coefficient (Wildman–Crippen LogP) is 2.67. The van der Waals surface area contributed by atoms with Gasteiger partial charge in [0, 0.05) is 11.8 Å². The van der Waals surface area contributed by atoms with E-state index in [0.29, 0.717) is 0 Å². The van der Waals surface area contributed by atoms with Gasteiger partial charge in [0.1, 0.15) is 6.20 Å². The minimum atomic E-state index is -2.81. The second-order valence-electron chi connectivity index (χ2n) is 2.42. The lowest BCUT2D eigenvalue weighted by molar-refractivity contribution is -0.385. The summed E-state index contributed by atoms with van der Waals surface area (Å²) in [7, 11) is 0. The molecule has 0 spiro atoms. The van der Waals surface area contributed by atoms with Crippen LogP contribution in [-0.4, -0.2) is 9.91 Å². The van der Waals surface area contributed by atoms with Crippen LogP contribution in [-0.2, 0) is 5.88 Å². The van der Waals surface area contributed by atoms with Crippen molar-refractivity contribution < 1.29 is 13.7 Å². The largest absolute Gasteiger partial charge is 0.292 e. The number of nitrogens with zero attached hydrogens (tertiary/aromatic N) is 2. The average Bonchev–Trinajstić information content (AvgIpc) is 2.16. The third-order valence-electron chi connectivity index (χ3n) is 1.63. The lowest BCUT2D eigenvalue weighted by Crippen LogP contribution is -2.00. The molecule has 0 atom stereocenters. The quantitative estimate of drug-likeness (QED) is 0.449. The van der Waals surface area contributed by atoms with Crippen molar-refractivity contribution in [2.45, 2.75) is 12.3 Å². The number of hydrogen-bond acceptors (Lipinski definition) is 3. The molecule has 14 heavy (non-hydrogen) atoms. The van der Waals surface area contributed by atoms with Crippen molar-refractivity contribution in [3.8, 4) is 0 Å². The van der Waals surface area contributed by atoms with Crippen molar-refractivity contribution in [3.05, 3.63) is 33.6 Å². The minimum absolute atomic E-state index is 0.179. The molecule has 0 saturated carbocycles. The van der Waals surface area contributed by atoms with Crippen LogP contribution in [0.1, 0.15) is 17.6 Å². The first-order valence-corrected chi connectivity index (χ1v) is 4.06. The van der Waals surface area contributed by atoms with Crippen molar-refractivity contribution >= 4 is 17.3 Å². The fourth-order valence-corrected chi connectivity index (χ4v) is 1.27. The topological polar surface area (TPSA) is 56.0 Å². The molecule has 1 aromatic rings. The van der Waals surface area contributed by atoms with E-state index in [2.05, 4.69) is 4.98 Å². The number of aromatic nitrogens is 1. The highest BCUT2D eigenvalue weighted by Gasteiger charge is 2.22. The second kappa shape index (κ2) is 4.28. The van der Waals surface area contributed by atoms with Gasteiger partial charge in [-0.15, -0.1) is 11.6 Å². The van der Waals surface area contributed by atoms with Crippen LogP contribution in [0.25, 0.3) is 0 Å². The average molecular weight is 223 g/mol. The van der Waals surface area contributed by atoms with Crippen LogP contribution in [0.3, 0.4) is 0 Å². The van der Waals surface area contributed by atoms with Crippen LogP contribution in [0.2, 0.25) is 0 Å². The van der Waals surface area contributed by atoms with E-state index in [9.17, 15) is 18.9 Å². The summed E-state index contributed by atoms with van der Waals surface area (Å²) in [6.45, 7) is 0. The van der Waals surface area contributed by atoms with Crippen LogP contribution < -0.4 is 0 Å². The van der Waals surface area contributed by atoms with Gasteiger partial charge in [0.15, 0.2) is 0 Å². The first kappa shape index (κ1) is 10.8. The monoisotopic (exact) mass is 222 g/mol. The summed E-state index contributed by atoms with van der Waals surface area (Å²) in [4.78, 5) is 13.0. The van der Waals surface area contributed by atoms with E-state index >= 15 is 0 Å². The Balaban J connectivity index is 3.32. The number of hydrogen-bond donors (Lipinski definition) is 0. The third-order valence-corrected chi connectivity index (χ3v) is 1.90. The molecule has 0 unspecified atom stereocenters. The van der Waals surface area contributed by atoms with Gasteiger partial charge in [-0.2, -0.15) is 0 Å². The van der Waals surface area contributed by atoms with Gasteiger partial charge < -0.3 is 0 Å². The molecule has 0 aliphatic carbocycles. The van der Waals surface area contributed by atoms with Gasteiger partial charge in [0.2, 0.25) is 0 Å². The zero-order chi connectivity index (χ0) is 10.7. The third kappa shape index (κ3) is 1.95. The maximum absolute atomic E-state index is 12.3. The molecule has 0 saturated heterocycles. The van der Waals surface area contributed by atoms with E-state index in [1.165, 1.54) is 0 Å². The lowest BCUT2D eigenvalue weighted by atomic mass is 10.1. The summed E-state index contributed by atoms with van der Waals surface area (Å²) in [6.07, 6.45) is -1.02. The van der Waals surface area contributed by atoms with E-state index < -0.39 is 22.6 Å². The molecule has 4 nitrogen and oxygen atoms in total. The van der Waals surface area contributed by atoms with Crippen molar-refractivity contribution in [2.75, 3.05) is 0 Å². The van der Waals surface area contributed by atoms with Gasteiger partial charge in [-0.25, -0.2) is 8.78 Å². The molecule has 0 amide bonds. The standard InChI is InChI=1S/C7H5ClF2N2O2/c8-1-4-5(7(9)10)2-11-3-6(4)12(13)14/h2-3,7H,1H2. The lowest BCUT2D eigenvalue weighted by Gasteiger charge is -2.04. The normalized spacial score (nSPS) is 10.6. The molecule has 0 bridgehead atoms. The SMILES string of the molecule is O=[N+]([O-])c1cncc(C(F)F)c1CCl. The number of halogens is 3. The molecule has 0 aliphatic heterocycles. The van der Waals surface area contributed by atoms with Crippen LogP contribution in [0.4, 0.5) is 14.5 Å². The summed E-state index contributed by atoms with van der Waals surface area (Å²) < 4.78 is 24.7. The highest BCUT2D eigenvalue weighted by molar-refractivity contribution is 6.17. The molecule has 0 aromatic carbocycles. The van der Waals surface area contributed by atoms with Crippen molar-refractivity contribution in [1.29, 1.82) is 0 Å². The number of pyridine rings is 1. The summed E-state index contributed by atoms with van der Waals surface area (Å²) in [6, 6.07) is 0. The Morgan fingerprint density at radius 2 is 2.21 bits per heavy atom. The molecule has 0 fully saturated rings. The maximum Gasteiger partial charge on any atom is 0.292 e. The molecular weight excluding hydrogens is 218 g/mol. The molecule has 0 aliphatic rings. The molecule has 1 aromatic heterocycles. The van der Waals surface area contributed by atoms with E-state index in [4.69, 9.17) is 11.6 Å². The Morgan fingerprint density at radius 3 is 2.64 bits per heavy atom. The fourth-order valence-electron chi connectivity index (χ4n) is 0.983. The van der Waals surface area contributed by atoms with Gasteiger partial charge >= 0.3 is 0 Å². The molecule has 7 heteroatoms. The summed E-state index contributed by atoms with van der Waals surface area (Å²) in [5.41, 5.74) is -1.14. The van der Waals surface area contributed by atoms with E-state index in [0.717, 1.165) is 12.4 Å². The van der Waals surface area contributed by atoms with E-state index in [-0.39, 0.29) is 11.4 Å². The summed E-state index contributed by atoms with van der Waals surface area (Å²) >= 11 is 5.36. The smallest absolute Gasteiger partial charge is 0.258 e. The number of nitro groups is 1. The van der Waals surface area contributed by atoms with Crippen LogP contribution in [0.5, 0.6) is 0 Å². The van der Waals surface area contributed by atoms with Gasteiger partial charge in [0.05, 0.1) is 16.4 Å². The Bertz CT molecular complexity index is 360. The highest BCUT2D eigenvalue weighted by Crippen LogP contribution is 2.29. The molecule has 1 heterocycles. The Hall–Kier alpha value is -1.30. The minimum Gasteiger partial charge on any atom is -0.258 e. The van der Waals surface area contributed by atoms with Crippen LogP contribution in [0, 0.1) is 10.1 Å². The first-order valence-electron chi connectivity index (χ1n) is 3.53. The Morgan fingerprint density at radius 1 is 1.57 bits per heavy atom.